The number of unbranched alkanes of at least 4 members (excludes halogenated alkanes) is 2. The number of ether oxygens (including phenoxy) is 1. The van der Waals surface area contributed by atoms with Gasteiger partial charge in [-0.15, -0.1) is 0 Å². The lowest BCUT2D eigenvalue weighted by Gasteiger charge is -2.50. The fourth-order valence-corrected chi connectivity index (χ4v) is 4.62. The number of benzene rings is 1. The molecule has 1 rings (SSSR count). The summed E-state index contributed by atoms with van der Waals surface area (Å²) in [5.74, 6) is -0.322. The first kappa shape index (κ1) is 29.9. The minimum Gasteiger partial charge on any atom is -0.480 e. The number of carbonyl (C=O) groups excluding carboxylic acids is 1. The predicted molar refractivity (Wildman–Crippen MR) is 139 cm³/mol. The van der Waals surface area contributed by atoms with Crippen molar-refractivity contribution in [2.45, 2.75) is 91.3 Å². The van der Waals surface area contributed by atoms with E-state index < -0.39 is 17.1 Å². The van der Waals surface area contributed by atoms with E-state index in [4.69, 9.17) is 4.74 Å². The highest BCUT2D eigenvalue weighted by molar-refractivity contribution is 5.83. The molecule has 6 heteroatoms. The molecule has 2 unspecified atom stereocenters. The van der Waals surface area contributed by atoms with Gasteiger partial charge in [0.1, 0.15) is 0 Å². The number of hydrogen-bond acceptors (Lipinski definition) is 4. The first-order chi connectivity index (χ1) is 16.1. The van der Waals surface area contributed by atoms with E-state index in [0.717, 1.165) is 24.8 Å². The number of amides is 1. The van der Waals surface area contributed by atoms with E-state index in [2.05, 4.69) is 31.3 Å². The zero-order valence-corrected chi connectivity index (χ0v) is 22.3. The van der Waals surface area contributed by atoms with Gasteiger partial charge in [-0.1, -0.05) is 71.0 Å². The van der Waals surface area contributed by atoms with Gasteiger partial charge >= 0.3 is 5.97 Å². The molecule has 0 radical (unpaired) electrons. The number of allylic oxidation sites excluding steroid dienone is 2. The number of carboxylic acids is 1. The van der Waals surface area contributed by atoms with Gasteiger partial charge in [-0.3, -0.25) is 9.69 Å². The van der Waals surface area contributed by atoms with Gasteiger partial charge in [0.25, 0.3) is 0 Å². The van der Waals surface area contributed by atoms with Crippen LogP contribution in [0.2, 0.25) is 0 Å². The number of likely N-dealkylation sites (N-methyl/N-ethyl adjacent to an activating group) is 1. The molecule has 0 saturated heterocycles. The number of rotatable bonds is 16. The Balaban J connectivity index is 2.93. The minimum atomic E-state index is -1.33. The number of hydrogen-bond donors (Lipinski definition) is 2. The van der Waals surface area contributed by atoms with E-state index in [0.29, 0.717) is 44.0 Å². The molecule has 0 aliphatic carbocycles. The fourth-order valence-electron chi connectivity index (χ4n) is 4.62. The molecule has 0 bridgehead atoms. The highest BCUT2D eigenvalue weighted by Crippen LogP contribution is 2.43. The third-order valence-corrected chi connectivity index (χ3v) is 6.84. The van der Waals surface area contributed by atoms with E-state index in [1.54, 1.807) is 7.11 Å². The highest BCUT2D eigenvalue weighted by atomic mass is 16.5. The lowest BCUT2D eigenvalue weighted by molar-refractivity contribution is -0.182. The number of nitrogens with zero attached hydrogens (tertiary/aromatic N) is 1. The lowest BCUT2D eigenvalue weighted by Crippen LogP contribution is -2.65. The number of aliphatic carboxylic acids is 1. The zero-order chi connectivity index (χ0) is 25.8. The Hall–Kier alpha value is -2.18. The van der Waals surface area contributed by atoms with Crippen molar-refractivity contribution in [2.24, 2.45) is 5.92 Å². The summed E-state index contributed by atoms with van der Waals surface area (Å²) in [5.41, 5.74) is -0.637. The summed E-state index contributed by atoms with van der Waals surface area (Å²) in [5, 5.41) is 13.5. The number of carboxylic acid groups (broad SMARTS) is 1. The summed E-state index contributed by atoms with van der Waals surface area (Å²) in [6.07, 6.45) is 8.31. The quantitative estimate of drug-likeness (QED) is 0.244. The third kappa shape index (κ3) is 7.16. The van der Waals surface area contributed by atoms with Crippen LogP contribution >= 0.6 is 0 Å². The van der Waals surface area contributed by atoms with Crippen LogP contribution < -0.4 is 5.32 Å². The second kappa shape index (κ2) is 14.3. The van der Waals surface area contributed by atoms with Gasteiger partial charge in [-0.25, -0.2) is 4.79 Å². The predicted octanol–water partition coefficient (Wildman–Crippen LogP) is 5.51. The standard InChI is InChI=1S/C28H46N2O4/c1-8-27(6,34-7)28(26(32)33,30(9-2)10-3)24-19-17-23(18-20-24)21-29-25(31)16-14-12-11-13-15-22(4)5/h13,15,17-20,22H,8-12,14,16,21H2,1-7H3,(H,29,31)(H,32,33). The van der Waals surface area contributed by atoms with Crippen molar-refractivity contribution in [3.63, 3.8) is 0 Å². The molecule has 2 N–H and O–H groups in total. The molecule has 0 aliphatic heterocycles. The molecular formula is C28H46N2O4. The molecule has 1 aromatic carbocycles. The lowest BCUT2D eigenvalue weighted by atomic mass is 9.72. The molecule has 192 valence electrons. The fraction of sp³-hybridized carbons (Fsp3) is 0.643. The van der Waals surface area contributed by atoms with Gasteiger partial charge in [-0.05, 0) is 62.7 Å². The monoisotopic (exact) mass is 474 g/mol. The molecule has 0 aromatic heterocycles. The summed E-state index contributed by atoms with van der Waals surface area (Å²) < 4.78 is 5.85. The first-order valence-corrected chi connectivity index (χ1v) is 12.7. The maximum Gasteiger partial charge on any atom is 0.331 e. The van der Waals surface area contributed by atoms with Crippen LogP contribution in [0.5, 0.6) is 0 Å². The molecule has 1 aromatic rings. The van der Waals surface area contributed by atoms with Gasteiger partial charge in [0.2, 0.25) is 5.91 Å². The average molecular weight is 475 g/mol. The van der Waals surface area contributed by atoms with Crippen LogP contribution in [-0.2, 0) is 26.4 Å². The molecule has 0 saturated carbocycles. The molecule has 6 nitrogen and oxygen atoms in total. The summed E-state index contributed by atoms with van der Waals surface area (Å²) in [6.45, 7) is 13.6. The molecule has 1 amide bonds. The van der Waals surface area contributed by atoms with Gasteiger partial charge < -0.3 is 15.2 Å². The molecule has 0 spiro atoms. The van der Waals surface area contributed by atoms with Crippen LogP contribution in [0.1, 0.15) is 84.8 Å². The molecule has 0 fully saturated rings. The molecule has 0 aliphatic rings. The summed E-state index contributed by atoms with van der Waals surface area (Å²) in [7, 11) is 1.58. The first-order valence-electron chi connectivity index (χ1n) is 12.7. The van der Waals surface area contributed by atoms with Crippen LogP contribution in [0, 0.1) is 5.92 Å². The Morgan fingerprint density at radius 1 is 1.12 bits per heavy atom. The molecule has 0 heterocycles. The summed E-state index contributed by atoms with van der Waals surface area (Å²) >= 11 is 0. The van der Waals surface area contributed by atoms with E-state index >= 15 is 0 Å². The number of carbonyl (C=O) groups is 2. The van der Waals surface area contributed by atoms with Crippen LogP contribution in [0.3, 0.4) is 0 Å². The maximum absolute atomic E-state index is 12.9. The van der Waals surface area contributed by atoms with Crippen molar-refractivity contribution >= 4 is 11.9 Å². The Kier molecular flexibility index (Phi) is 12.5. The third-order valence-electron chi connectivity index (χ3n) is 6.84. The van der Waals surface area contributed by atoms with Crippen molar-refractivity contribution in [1.29, 1.82) is 0 Å². The SMILES string of the molecule is CCN(CC)C(C(=O)O)(c1ccc(CNC(=O)CCCCC=CC(C)C)cc1)C(C)(CC)OC. The largest absolute Gasteiger partial charge is 0.480 e. The highest BCUT2D eigenvalue weighted by Gasteiger charge is 2.58. The molecule has 2 atom stereocenters. The van der Waals surface area contributed by atoms with Gasteiger partial charge in [0.05, 0.1) is 5.60 Å². The van der Waals surface area contributed by atoms with E-state index in [-0.39, 0.29) is 5.91 Å². The van der Waals surface area contributed by atoms with Crippen molar-refractivity contribution in [3.8, 4) is 0 Å². The van der Waals surface area contributed by atoms with Crippen molar-refractivity contribution in [1.82, 2.24) is 10.2 Å². The van der Waals surface area contributed by atoms with E-state index in [1.807, 2.05) is 56.9 Å². The van der Waals surface area contributed by atoms with Gasteiger partial charge in [-0.2, -0.15) is 0 Å². The zero-order valence-electron chi connectivity index (χ0n) is 22.3. The molecular weight excluding hydrogens is 428 g/mol. The smallest absolute Gasteiger partial charge is 0.331 e. The number of nitrogens with one attached hydrogen (secondary N) is 1. The van der Waals surface area contributed by atoms with Gasteiger partial charge in [0.15, 0.2) is 5.54 Å². The minimum absolute atomic E-state index is 0.0397. The van der Waals surface area contributed by atoms with Crippen LogP contribution in [0.4, 0.5) is 0 Å². The number of methoxy groups -OCH3 is 1. The summed E-state index contributed by atoms with van der Waals surface area (Å²) in [6, 6.07) is 7.53. The van der Waals surface area contributed by atoms with Crippen LogP contribution in [0.25, 0.3) is 0 Å². The maximum atomic E-state index is 12.9. The molecule has 34 heavy (non-hydrogen) atoms. The second-order valence-electron chi connectivity index (χ2n) is 9.37. The van der Waals surface area contributed by atoms with Crippen molar-refractivity contribution < 1.29 is 19.4 Å². The van der Waals surface area contributed by atoms with Crippen molar-refractivity contribution in [2.75, 3.05) is 20.2 Å². The summed E-state index contributed by atoms with van der Waals surface area (Å²) in [4.78, 5) is 27.0. The average Bonchev–Trinajstić information content (AvgIpc) is 2.82. The van der Waals surface area contributed by atoms with E-state index in [9.17, 15) is 14.7 Å². The Morgan fingerprint density at radius 3 is 2.21 bits per heavy atom. The Labute approximate surface area is 206 Å². The second-order valence-corrected chi connectivity index (χ2v) is 9.37. The van der Waals surface area contributed by atoms with E-state index in [1.165, 1.54) is 0 Å². The van der Waals surface area contributed by atoms with Crippen LogP contribution in [0.15, 0.2) is 36.4 Å². The Morgan fingerprint density at radius 2 is 1.74 bits per heavy atom. The normalized spacial score (nSPS) is 15.4. The Bertz CT molecular complexity index is 780. The topological polar surface area (TPSA) is 78.9 Å². The van der Waals surface area contributed by atoms with Gasteiger partial charge in [0, 0.05) is 20.1 Å². The van der Waals surface area contributed by atoms with Crippen LogP contribution in [-0.4, -0.2) is 47.7 Å². The van der Waals surface area contributed by atoms with Crippen molar-refractivity contribution in [3.05, 3.63) is 47.5 Å².